The third-order valence-electron chi connectivity index (χ3n) is 3.38. The van der Waals surface area contributed by atoms with Crippen molar-refractivity contribution in [2.75, 3.05) is 7.11 Å². The van der Waals surface area contributed by atoms with E-state index in [4.69, 9.17) is 4.74 Å². The zero-order valence-electron chi connectivity index (χ0n) is 13.8. The van der Waals surface area contributed by atoms with Gasteiger partial charge in [0.25, 0.3) is 5.91 Å². The van der Waals surface area contributed by atoms with Gasteiger partial charge in [-0.15, -0.1) is 11.3 Å². The SMILES string of the molecule is COc1ccc(-c2ncc(C(=O)N[C@H](CC(C)C)C(=O)O)s2)cc1. The Hall–Kier alpha value is -2.41. The highest BCUT2D eigenvalue weighted by molar-refractivity contribution is 7.16. The molecule has 24 heavy (non-hydrogen) atoms. The monoisotopic (exact) mass is 348 g/mol. The predicted molar refractivity (Wildman–Crippen MR) is 92.4 cm³/mol. The second-order valence-corrected chi connectivity index (χ2v) is 6.78. The molecule has 1 heterocycles. The van der Waals surface area contributed by atoms with Crippen LogP contribution in [0.1, 0.15) is 29.9 Å². The van der Waals surface area contributed by atoms with Crippen molar-refractivity contribution in [1.82, 2.24) is 10.3 Å². The highest BCUT2D eigenvalue weighted by atomic mass is 32.1. The van der Waals surface area contributed by atoms with Gasteiger partial charge >= 0.3 is 5.97 Å². The van der Waals surface area contributed by atoms with Gasteiger partial charge in [0.2, 0.25) is 0 Å². The molecule has 0 spiro atoms. The lowest BCUT2D eigenvalue weighted by molar-refractivity contribution is -0.139. The van der Waals surface area contributed by atoms with Crippen molar-refractivity contribution < 1.29 is 19.4 Å². The van der Waals surface area contributed by atoms with Gasteiger partial charge in [-0.25, -0.2) is 9.78 Å². The molecule has 6 nitrogen and oxygen atoms in total. The van der Waals surface area contributed by atoms with Crippen molar-refractivity contribution in [3.63, 3.8) is 0 Å². The first-order valence-electron chi connectivity index (χ1n) is 7.54. The lowest BCUT2D eigenvalue weighted by atomic mass is 10.0. The molecule has 2 rings (SSSR count). The molecule has 0 unspecified atom stereocenters. The van der Waals surface area contributed by atoms with E-state index in [0.29, 0.717) is 16.3 Å². The van der Waals surface area contributed by atoms with E-state index in [2.05, 4.69) is 10.3 Å². The average Bonchev–Trinajstić information content (AvgIpc) is 3.04. The maximum absolute atomic E-state index is 12.3. The Morgan fingerprint density at radius 1 is 1.29 bits per heavy atom. The molecule has 2 N–H and O–H groups in total. The Morgan fingerprint density at radius 3 is 2.50 bits per heavy atom. The van der Waals surface area contributed by atoms with E-state index in [-0.39, 0.29) is 5.92 Å². The maximum atomic E-state index is 12.3. The molecule has 0 aliphatic carbocycles. The molecule has 0 aliphatic heterocycles. The van der Waals surface area contributed by atoms with Crippen molar-refractivity contribution >= 4 is 23.2 Å². The van der Waals surface area contributed by atoms with E-state index in [1.54, 1.807) is 7.11 Å². The summed E-state index contributed by atoms with van der Waals surface area (Å²) in [6.45, 7) is 3.83. The van der Waals surface area contributed by atoms with Crippen LogP contribution >= 0.6 is 11.3 Å². The Balaban J connectivity index is 2.10. The third kappa shape index (κ3) is 4.55. The molecule has 1 aromatic heterocycles. The molecular weight excluding hydrogens is 328 g/mol. The number of aromatic nitrogens is 1. The van der Waals surface area contributed by atoms with E-state index in [0.717, 1.165) is 11.3 Å². The fourth-order valence-electron chi connectivity index (χ4n) is 2.17. The molecule has 0 aliphatic rings. The number of methoxy groups -OCH3 is 1. The lowest BCUT2D eigenvalue weighted by Gasteiger charge is -2.15. The largest absolute Gasteiger partial charge is 0.497 e. The second-order valence-electron chi connectivity index (χ2n) is 5.75. The number of rotatable bonds is 7. The minimum absolute atomic E-state index is 0.169. The second kappa shape index (κ2) is 7.92. The summed E-state index contributed by atoms with van der Waals surface area (Å²) < 4.78 is 5.11. The van der Waals surface area contributed by atoms with Crippen LogP contribution in [0.5, 0.6) is 5.75 Å². The van der Waals surface area contributed by atoms with Gasteiger partial charge in [0.15, 0.2) is 0 Å². The molecule has 0 saturated heterocycles. The van der Waals surface area contributed by atoms with Gasteiger partial charge < -0.3 is 15.2 Å². The van der Waals surface area contributed by atoms with Crippen LogP contribution in [0.25, 0.3) is 10.6 Å². The number of amides is 1. The zero-order chi connectivity index (χ0) is 17.7. The van der Waals surface area contributed by atoms with E-state index >= 15 is 0 Å². The van der Waals surface area contributed by atoms with Gasteiger partial charge in [-0.1, -0.05) is 13.8 Å². The Morgan fingerprint density at radius 2 is 1.96 bits per heavy atom. The highest BCUT2D eigenvalue weighted by Gasteiger charge is 2.23. The minimum Gasteiger partial charge on any atom is -0.497 e. The van der Waals surface area contributed by atoms with Crippen LogP contribution in [-0.2, 0) is 4.79 Å². The molecule has 1 aromatic carbocycles. The Bertz CT molecular complexity index is 710. The number of ether oxygens (including phenoxy) is 1. The third-order valence-corrected chi connectivity index (χ3v) is 4.42. The zero-order valence-corrected chi connectivity index (χ0v) is 14.6. The molecule has 1 amide bonds. The van der Waals surface area contributed by atoms with E-state index in [9.17, 15) is 14.7 Å². The number of carboxylic acid groups (broad SMARTS) is 1. The van der Waals surface area contributed by atoms with Crippen molar-refractivity contribution in [1.29, 1.82) is 0 Å². The number of hydrogen-bond acceptors (Lipinski definition) is 5. The smallest absolute Gasteiger partial charge is 0.326 e. The van der Waals surface area contributed by atoms with Gasteiger partial charge in [0.05, 0.1) is 13.3 Å². The van der Waals surface area contributed by atoms with E-state index in [1.807, 2.05) is 38.1 Å². The summed E-state index contributed by atoms with van der Waals surface area (Å²) in [5.74, 6) is -0.536. The molecule has 0 bridgehead atoms. The molecule has 1 atom stereocenters. The summed E-state index contributed by atoms with van der Waals surface area (Å²) in [4.78, 5) is 28.1. The summed E-state index contributed by atoms with van der Waals surface area (Å²) in [7, 11) is 1.59. The van der Waals surface area contributed by atoms with Crippen LogP contribution in [0.4, 0.5) is 0 Å². The number of nitrogens with one attached hydrogen (secondary N) is 1. The molecule has 2 aromatic rings. The number of thiazole rings is 1. The summed E-state index contributed by atoms with van der Waals surface area (Å²) in [5, 5.41) is 12.5. The number of carboxylic acids is 1. The summed E-state index contributed by atoms with van der Waals surface area (Å²) in [5.41, 5.74) is 0.872. The van der Waals surface area contributed by atoms with E-state index in [1.165, 1.54) is 17.5 Å². The van der Waals surface area contributed by atoms with Gasteiger partial charge in [0.1, 0.15) is 21.7 Å². The van der Waals surface area contributed by atoms with Crippen LogP contribution in [0, 0.1) is 5.92 Å². The van der Waals surface area contributed by atoms with Crippen LogP contribution in [0.2, 0.25) is 0 Å². The molecular formula is C17H20N2O4S. The van der Waals surface area contributed by atoms with Gasteiger partial charge in [0, 0.05) is 5.56 Å². The Labute approximate surface area is 144 Å². The molecule has 0 fully saturated rings. The van der Waals surface area contributed by atoms with E-state index < -0.39 is 17.9 Å². The van der Waals surface area contributed by atoms with Crippen LogP contribution < -0.4 is 10.1 Å². The predicted octanol–water partition coefficient (Wildman–Crippen LogP) is 3.05. The summed E-state index contributed by atoms with van der Waals surface area (Å²) in [6, 6.07) is 6.46. The number of carbonyl (C=O) groups is 2. The first-order valence-corrected chi connectivity index (χ1v) is 8.36. The summed E-state index contributed by atoms with van der Waals surface area (Å²) in [6.07, 6.45) is 1.85. The molecule has 7 heteroatoms. The fourth-order valence-corrected chi connectivity index (χ4v) is 2.99. The van der Waals surface area contributed by atoms with Crippen molar-refractivity contribution in [2.45, 2.75) is 26.3 Å². The van der Waals surface area contributed by atoms with Gasteiger partial charge in [-0.3, -0.25) is 4.79 Å². The van der Waals surface area contributed by atoms with Crippen LogP contribution in [0.15, 0.2) is 30.5 Å². The average molecular weight is 348 g/mol. The minimum atomic E-state index is -1.03. The normalized spacial score (nSPS) is 12.0. The van der Waals surface area contributed by atoms with Crippen molar-refractivity contribution in [3.8, 4) is 16.3 Å². The molecule has 0 saturated carbocycles. The standard InChI is InChI=1S/C17H20N2O4S/c1-10(2)8-13(17(21)22)19-15(20)14-9-18-16(24-14)11-4-6-12(23-3)7-5-11/h4-7,9-10,13H,8H2,1-3H3,(H,19,20)(H,21,22)/t13-/m1/s1. The first-order chi connectivity index (χ1) is 11.4. The number of nitrogens with zero attached hydrogens (tertiary/aromatic N) is 1. The number of carbonyl (C=O) groups excluding carboxylic acids is 1. The van der Waals surface area contributed by atoms with Crippen LogP contribution in [-0.4, -0.2) is 35.1 Å². The maximum Gasteiger partial charge on any atom is 0.326 e. The van der Waals surface area contributed by atoms with Crippen LogP contribution in [0.3, 0.4) is 0 Å². The quantitative estimate of drug-likeness (QED) is 0.803. The topological polar surface area (TPSA) is 88.5 Å². The lowest BCUT2D eigenvalue weighted by Crippen LogP contribution is -2.41. The molecule has 0 radical (unpaired) electrons. The van der Waals surface area contributed by atoms with Crippen molar-refractivity contribution in [3.05, 3.63) is 35.3 Å². The fraction of sp³-hybridized carbons (Fsp3) is 0.353. The van der Waals surface area contributed by atoms with Gasteiger partial charge in [-0.05, 0) is 36.6 Å². The number of aliphatic carboxylic acids is 1. The number of hydrogen-bond donors (Lipinski definition) is 2. The van der Waals surface area contributed by atoms with Crippen molar-refractivity contribution in [2.24, 2.45) is 5.92 Å². The highest BCUT2D eigenvalue weighted by Crippen LogP contribution is 2.27. The van der Waals surface area contributed by atoms with Gasteiger partial charge in [-0.2, -0.15) is 0 Å². The molecule has 128 valence electrons. The Kier molecular flexibility index (Phi) is 5.92. The summed E-state index contributed by atoms with van der Waals surface area (Å²) >= 11 is 1.22. The first kappa shape index (κ1) is 17.9. The number of benzene rings is 1.